The zero-order valence-corrected chi connectivity index (χ0v) is 14.9. The van der Waals surface area contributed by atoms with Crippen LogP contribution in [0, 0.1) is 0 Å². The van der Waals surface area contributed by atoms with Crippen LogP contribution >= 0.6 is 23.2 Å². The summed E-state index contributed by atoms with van der Waals surface area (Å²) in [5.41, 5.74) is 0. The number of hydrogen-bond donors (Lipinski definition) is 2. The van der Waals surface area contributed by atoms with E-state index < -0.39 is 27.2 Å². The molecule has 0 radical (unpaired) electrons. The summed E-state index contributed by atoms with van der Waals surface area (Å²) in [6.45, 7) is 1.73. The summed E-state index contributed by atoms with van der Waals surface area (Å²) in [6.07, 6.45) is 0.443. The molecule has 1 aromatic heterocycles. The Morgan fingerprint density at radius 3 is 2.22 bits per heavy atom. The number of amides is 2. The third-order valence-electron chi connectivity index (χ3n) is 2.49. The van der Waals surface area contributed by atoms with Gasteiger partial charge in [-0.15, -0.1) is 11.6 Å². The molecule has 12 heteroatoms. The fourth-order valence-electron chi connectivity index (χ4n) is 1.40. The number of ether oxygens (including phenoxy) is 2. The van der Waals surface area contributed by atoms with Crippen molar-refractivity contribution < 1.29 is 22.7 Å². The molecular formula is C11H16Cl2N4O5S. The number of aromatic nitrogens is 2. The van der Waals surface area contributed by atoms with E-state index in [-0.39, 0.29) is 22.7 Å². The molecule has 0 saturated heterocycles. The maximum Gasteiger partial charge on any atom is 0.335 e. The Labute approximate surface area is 143 Å². The Kier molecular flexibility index (Phi) is 7.10. The van der Waals surface area contributed by atoms with Gasteiger partial charge in [0.25, 0.3) is 0 Å². The molecule has 0 aromatic carbocycles. The first-order valence-corrected chi connectivity index (χ1v) is 8.80. The van der Waals surface area contributed by atoms with Gasteiger partial charge in [0.05, 0.1) is 20.0 Å². The summed E-state index contributed by atoms with van der Waals surface area (Å²) in [7, 11) is -1.26. The van der Waals surface area contributed by atoms with Crippen molar-refractivity contribution >= 4 is 45.2 Å². The van der Waals surface area contributed by atoms with Gasteiger partial charge in [-0.05, 0) is 6.42 Å². The second-order valence-corrected chi connectivity index (χ2v) is 6.99. The summed E-state index contributed by atoms with van der Waals surface area (Å²) in [5, 5.41) is 1.56. The molecule has 0 aliphatic heterocycles. The Hall–Kier alpha value is -1.52. The lowest BCUT2D eigenvalue weighted by molar-refractivity contribution is 0.256. The zero-order valence-electron chi connectivity index (χ0n) is 12.6. The van der Waals surface area contributed by atoms with Crippen molar-refractivity contribution in [1.82, 2.24) is 14.7 Å². The van der Waals surface area contributed by atoms with Crippen LogP contribution < -0.4 is 19.5 Å². The highest BCUT2D eigenvalue weighted by atomic mass is 35.5. The van der Waals surface area contributed by atoms with Gasteiger partial charge >= 0.3 is 6.03 Å². The van der Waals surface area contributed by atoms with Gasteiger partial charge in [-0.1, -0.05) is 18.5 Å². The smallest absolute Gasteiger partial charge is 0.335 e. The number of rotatable bonds is 7. The molecule has 1 aromatic rings. The highest BCUT2D eigenvalue weighted by Gasteiger charge is 2.21. The van der Waals surface area contributed by atoms with Crippen LogP contribution in [-0.2, 0) is 10.0 Å². The fourth-order valence-corrected chi connectivity index (χ4v) is 3.26. The van der Waals surface area contributed by atoms with Gasteiger partial charge < -0.3 is 9.47 Å². The second kappa shape index (κ2) is 8.37. The average Bonchev–Trinajstić information content (AvgIpc) is 2.47. The number of alkyl halides is 1. The Morgan fingerprint density at radius 1 is 1.26 bits per heavy atom. The molecule has 0 spiro atoms. The molecule has 0 aliphatic carbocycles. The van der Waals surface area contributed by atoms with Gasteiger partial charge in [0.2, 0.25) is 27.7 Å². The van der Waals surface area contributed by atoms with E-state index in [0.717, 1.165) is 0 Å². The van der Waals surface area contributed by atoms with Crippen LogP contribution in [0.25, 0.3) is 0 Å². The summed E-state index contributed by atoms with van der Waals surface area (Å²) in [4.78, 5) is 19.4. The van der Waals surface area contributed by atoms with Crippen LogP contribution in [0.15, 0.2) is 0 Å². The van der Waals surface area contributed by atoms with Gasteiger partial charge in [0.15, 0.2) is 5.02 Å². The fraction of sp³-hybridized carbons (Fsp3) is 0.545. The first-order valence-electron chi connectivity index (χ1n) is 6.33. The maximum absolute atomic E-state index is 11.7. The highest BCUT2D eigenvalue weighted by Crippen LogP contribution is 2.31. The van der Waals surface area contributed by atoms with E-state index >= 15 is 0 Å². The molecule has 1 rings (SSSR count). The number of carbonyl (C=O) groups excluding carboxylic acids is 1. The molecular weight excluding hydrogens is 371 g/mol. The molecule has 2 N–H and O–H groups in total. The normalized spacial score (nSPS) is 12.4. The van der Waals surface area contributed by atoms with Crippen molar-refractivity contribution in [1.29, 1.82) is 0 Å². The number of anilines is 1. The minimum atomic E-state index is -3.89. The number of nitrogens with zero attached hydrogens (tertiary/aromatic N) is 2. The third kappa shape index (κ3) is 5.88. The highest BCUT2D eigenvalue weighted by molar-refractivity contribution is 7.90. The first-order chi connectivity index (χ1) is 10.7. The minimum absolute atomic E-state index is 0.0153. The van der Waals surface area contributed by atoms with E-state index in [0.29, 0.717) is 6.42 Å². The molecule has 9 nitrogen and oxygen atoms in total. The molecule has 1 heterocycles. The number of halogens is 2. The van der Waals surface area contributed by atoms with Crippen molar-refractivity contribution in [2.75, 3.05) is 25.3 Å². The molecule has 0 fully saturated rings. The van der Waals surface area contributed by atoms with Gasteiger partial charge in [-0.2, -0.15) is 9.97 Å². The van der Waals surface area contributed by atoms with E-state index in [9.17, 15) is 13.2 Å². The second-order valence-electron chi connectivity index (χ2n) is 4.22. The van der Waals surface area contributed by atoms with E-state index in [2.05, 4.69) is 15.3 Å². The van der Waals surface area contributed by atoms with Gasteiger partial charge in [0.1, 0.15) is 0 Å². The van der Waals surface area contributed by atoms with E-state index in [4.69, 9.17) is 32.7 Å². The third-order valence-corrected chi connectivity index (χ3v) is 4.80. The lowest BCUT2D eigenvalue weighted by Crippen LogP contribution is -2.38. The lowest BCUT2D eigenvalue weighted by Gasteiger charge is -2.11. The molecule has 0 saturated carbocycles. The minimum Gasteiger partial charge on any atom is -0.480 e. The zero-order chi connectivity index (χ0) is 17.6. The molecule has 1 atom stereocenters. The molecule has 1 unspecified atom stereocenters. The largest absolute Gasteiger partial charge is 0.480 e. The maximum atomic E-state index is 11.7. The van der Waals surface area contributed by atoms with Crippen LogP contribution in [0.1, 0.15) is 13.3 Å². The molecule has 23 heavy (non-hydrogen) atoms. The number of hydrogen-bond acceptors (Lipinski definition) is 7. The van der Waals surface area contributed by atoms with Crippen LogP contribution in [0.5, 0.6) is 11.8 Å². The van der Waals surface area contributed by atoms with E-state index in [1.165, 1.54) is 14.2 Å². The molecule has 0 aliphatic rings. The lowest BCUT2D eigenvalue weighted by atomic mass is 10.4. The number of urea groups is 1. The number of carbonyl (C=O) groups is 1. The van der Waals surface area contributed by atoms with Crippen LogP contribution in [0.4, 0.5) is 10.7 Å². The van der Waals surface area contributed by atoms with Crippen molar-refractivity contribution in [3.05, 3.63) is 5.02 Å². The Morgan fingerprint density at radius 2 is 1.78 bits per heavy atom. The van der Waals surface area contributed by atoms with E-state index in [1.807, 2.05) is 0 Å². The number of nitrogens with one attached hydrogen (secondary N) is 2. The Bertz CT molecular complexity index is 645. The summed E-state index contributed by atoms with van der Waals surface area (Å²) in [5.74, 6) is -0.715. The molecule has 2 amide bonds. The van der Waals surface area contributed by atoms with Gasteiger partial charge in [-0.25, -0.2) is 17.9 Å². The van der Waals surface area contributed by atoms with Gasteiger partial charge in [-0.3, -0.25) is 5.32 Å². The van der Waals surface area contributed by atoms with Crippen molar-refractivity contribution in [3.63, 3.8) is 0 Å². The molecule has 0 bridgehead atoms. The van der Waals surface area contributed by atoms with E-state index in [1.54, 1.807) is 11.6 Å². The van der Waals surface area contributed by atoms with Gasteiger partial charge in [0, 0.05) is 5.38 Å². The van der Waals surface area contributed by atoms with Crippen LogP contribution in [0.2, 0.25) is 5.02 Å². The SMILES string of the molecule is CCC(Cl)CS(=O)(=O)NC(=O)Nc1nc(OC)c(Cl)c(OC)n1. The topological polar surface area (TPSA) is 120 Å². The van der Waals surface area contributed by atoms with Crippen molar-refractivity contribution in [2.45, 2.75) is 18.7 Å². The summed E-state index contributed by atoms with van der Waals surface area (Å²) >= 11 is 11.7. The quantitative estimate of drug-likeness (QED) is 0.682. The van der Waals surface area contributed by atoms with Crippen LogP contribution in [0.3, 0.4) is 0 Å². The average molecular weight is 387 g/mol. The number of methoxy groups -OCH3 is 2. The predicted octanol–water partition coefficient (Wildman–Crippen LogP) is 1.62. The summed E-state index contributed by atoms with van der Waals surface area (Å²) < 4.78 is 35.1. The summed E-state index contributed by atoms with van der Waals surface area (Å²) in [6, 6.07) is -1.05. The molecule has 130 valence electrons. The first kappa shape index (κ1) is 19.5. The predicted molar refractivity (Wildman–Crippen MR) is 86.0 cm³/mol. The monoisotopic (exact) mass is 386 g/mol. The van der Waals surface area contributed by atoms with Crippen molar-refractivity contribution in [3.8, 4) is 11.8 Å². The number of sulfonamides is 1. The van der Waals surface area contributed by atoms with Crippen molar-refractivity contribution in [2.24, 2.45) is 0 Å². The standard InChI is InChI=1S/C11H16Cl2N4O5S/c1-4-6(12)5-23(19,20)17-11(18)16-10-14-8(21-2)7(13)9(15-10)22-3/h6H,4-5H2,1-3H3,(H2,14,15,16,17,18). The Balaban J connectivity index is 2.85. The van der Waals surface area contributed by atoms with Crippen LogP contribution in [-0.4, -0.2) is 49.8 Å².